The van der Waals surface area contributed by atoms with Gasteiger partial charge in [-0.25, -0.2) is 0 Å². The fraction of sp³-hybridized carbons (Fsp3) is 0.0526. The topological polar surface area (TPSA) is 63.1 Å². The van der Waals surface area contributed by atoms with Gasteiger partial charge >= 0.3 is 0 Å². The summed E-state index contributed by atoms with van der Waals surface area (Å²) in [5.74, 6) is 1.47. The second kappa shape index (κ2) is 6.07. The lowest BCUT2D eigenvalue weighted by Crippen LogP contribution is -1.99. The predicted molar refractivity (Wildman–Crippen MR) is 99.9 cm³/mol. The number of nitrogens with zero attached hydrogens (tertiary/aromatic N) is 2. The molecule has 0 fully saturated rings. The molecule has 3 aromatic carbocycles. The second-order valence-electron chi connectivity index (χ2n) is 5.57. The van der Waals surface area contributed by atoms with Gasteiger partial charge in [0.2, 0.25) is 0 Å². The first-order valence-electron chi connectivity index (χ1n) is 7.72. The molecule has 2 N–H and O–H groups in total. The molecule has 0 unspecified atom stereocenters. The summed E-state index contributed by atoms with van der Waals surface area (Å²) in [6.07, 6.45) is 0. The zero-order chi connectivity index (χ0) is 17.4. The molecule has 0 bridgehead atoms. The number of aromatic amines is 1. The van der Waals surface area contributed by atoms with Gasteiger partial charge < -0.3 is 9.84 Å². The fourth-order valence-electron chi connectivity index (χ4n) is 2.92. The van der Waals surface area contributed by atoms with E-state index in [1.165, 1.54) is 0 Å². The van der Waals surface area contributed by atoms with E-state index in [0.717, 1.165) is 22.2 Å². The van der Waals surface area contributed by atoms with Gasteiger partial charge in [0.25, 0.3) is 0 Å². The summed E-state index contributed by atoms with van der Waals surface area (Å²) in [5.41, 5.74) is 1.48. The molecule has 0 saturated heterocycles. The quantitative estimate of drug-likeness (QED) is 0.536. The van der Waals surface area contributed by atoms with Crippen molar-refractivity contribution in [3.8, 4) is 28.6 Å². The Kier molecular flexibility index (Phi) is 3.74. The number of phenols is 1. The van der Waals surface area contributed by atoms with Gasteiger partial charge in [0.1, 0.15) is 11.5 Å². The van der Waals surface area contributed by atoms with E-state index in [1.54, 1.807) is 19.2 Å². The zero-order valence-corrected chi connectivity index (χ0v) is 14.2. The highest BCUT2D eigenvalue weighted by molar-refractivity contribution is 7.71. The van der Waals surface area contributed by atoms with Crippen LogP contribution in [0.15, 0.2) is 60.7 Å². The van der Waals surface area contributed by atoms with Crippen LogP contribution in [-0.2, 0) is 0 Å². The summed E-state index contributed by atoms with van der Waals surface area (Å²) in [6.45, 7) is 0. The van der Waals surface area contributed by atoms with E-state index in [1.807, 2.05) is 53.1 Å². The molecule has 0 aliphatic heterocycles. The molecule has 0 aliphatic carbocycles. The van der Waals surface area contributed by atoms with Crippen molar-refractivity contribution in [1.29, 1.82) is 0 Å². The minimum Gasteiger partial charge on any atom is -0.507 e. The van der Waals surface area contributed by atoms with Gasteiger partial charge in [-0.15, -0.1) is 0 Å². The van der Waals surface area contributed by atoms with Gasteiger partial charge in [0.15, 0.2) is 10.6 Å². The molecule has 0 spiro atoms. The third kappa shape index (κ3) is 2.56. The number of phenolic OH excluding ortho intramolecular Hbond substituents is 1. The molecule has 0 saturated carbocycles. The van der Waals surface area contributed by atoms with Gasteiger partial charge in [0.05, 0.1) is 18.4 Å². The first kappa shape index (κ1) is 15.4. The van der Waals surface area contributed by atoms with E-state index in [9.17, 15) is 5.11 Å². The van der Waals surface area contributed by atoms with E-state index >= 15 is 0 Å². The number of fused-ring (bicyclic) bond motifs is 1. The van der Waals surface area contributed by atoms with Crippen LogP contribution in [0.5, 0.6) is 11.5 Å². The molecule has 4 aromatic rings. The molecule has 25 heavy (non-hydrogen) atoms. The standard InChI is InChI=1S/C19H15N3O2S/c1-24-13-10-9-12-5-4-7-16(15(12)11-13)22-18(20-21-19(22)25)14-6-2-3-8-17(14)23/h2-11,23H,1H3,(H,21,25). The van der Waals surface area contributed by atoms with E-state index in [0.29, 0.717) is 16.2 Å². The van der Waals surface area contributed by atoms with Crippen molar-refractivity contribution < 1.29 is 9.84 Å². The molecular formula is C19H15N3O2S. The van der Waals surface area contributed by atoms with Crippen LogP contribution in [0.2, 0.25) is 0 Å². The average molecular weight is 349 g/mol. The summed E-state index contributed by atoms with van der Waals surface area (Å²) in [4.78, 5) is 0. The number of rotatable bonds is 3. The average Bonchev–Trinajstić information content (AvgIpc) is 3.02. The number of H-pyrrole nitrogens is 1. The predicted octanol–water partition coefficient (Wildman–Crippen LogP) is 4.46. The zero-order valence-electron chi connectivity index (χ0n) is 13.4. The number of para-hydroxylation sites is 1. The number of hydrogen-bond acceptors (Lipinski definition) is 4. The lowest BCUT2D eigenvalue weighted by molar-refractivity contribution is 0.415. The number of methoxy groups -OCH3 is 1. The third-order valence-electron chi connectivity index (χ3n) is 4.12. The molecule has 0 radical (unpaired) electrons. The van der Waals surface area contributed by atoms with E-state index < -0.39 is 0 Å². The van der Waals surface area contributed by atoms with E-state index in [4.69, 9.17) is 17.0 Å². The van der Waals surface area contributed by atoms with Crippen LogP contribution in [0.3, 0.4) is 0 Å². The van der Waals surface area contributed by atoms with Crippen LogP contribution >= 0.6 is 12.2 Å². The van der Waals surface area contributed by atoms with Crippen molar-refractivity contribution in [2.45, 2.75) is 0 Å². The molecule has 124 valence electrons. The van der Waals surface area contributed by atoms with E-state index in [-0.39, 0.29) is 5.75 Å². The Bertz CT molecular complexity index is 1130. The Labute approximate surface area is 149 Å². The lowest BCUT2D eigenvalue weighted by Gasteiger charge is -2.12. The van der Waals surface area contributed by atoms with Crippen molar-refractivity contribution in [3.05, 3.63) is 65.4 Å². The number of nitrogens with one attached hydrogen (secondary N) is 1. The second-order valence-corrected chi connectivity index (χ2v) is 5.96. The molecule has 0 atom stereocenters. The first-order chi connectivity index (χ1) is 12.2. The number of aromatic nitrogens is 3. The number of hydrogen-bond donors (Lipinski definition) is 2. The molecule has 1 aromatic heterocycles. The van der Waals surface area contributed by atoms with Crippen LogP contribution < -0.4 is 4.74 Å². The van der Waals surface area contributed by atoms with E-state index in [2.05, 4.69) is 10.2 Å². The maximum atomic E-state index is 10.2. The van der Waals surface area contributed by atoms with Gasteiger partial charge in [-0.05, 0) is 47.9 Å². The van der Waals surface area contributed by atoms with Crippen molar-refractivity contribution in [2.24, 2.45) is 0 Å². The highest BCUT2D eigenvalue weighted by atomic mass is 32.1. The van der Waals surface area contributed by atoms with Gasteiger partial charge in [-0.1, -0.05) is 30.3 Å². The molecular weight excluding hydrogens is 334 g/mol. The van der Waals surface area contributed by atoms with Crippen molar-refractivity contribution in [2.75, 3.05) is 7.11 Å². The maximum Gasteiger partial charge on any atom is 0.200 e. The fourth-order valence-corrected chi connectivity index (χ4v) is 3.15. The molecule has 0 aliphatic rings. The Morgan fingerprint density at radius 2 is 1.92 bits per heavy atom. The van der Waals surface area contributed by atoms with Crippen molar-refractivity contribution in [1.82, 2.24) is 14.8 Å². The summed E-state index contributed by atoms with van der Waals surface area (Å²) in [7, 11) is 1.64. The summed E-state index contributed by atoms with van der Waals surface area (Å²) in [6, 6.07) is 18.9. The first-order valence-corrected chi connectivity index (χ1v) is 8.13. The normalized spacial score (nSPS) is 10.9. The van der Waals surface area contributed by atoms with Crippen LogP contribution in [0.25, 0.3) is 27.8 Å². The number of aromatic hydroxyl groups is 1. The third-order valence-corrected chi connectivity index (χ3v) is 4.40. The Morgan fingerprint density at radius 1 is 1.08 bits per heavy atom. The molecule has 5 nitrogen and oxygen atoms in total. The number of ether oxygens (including phenoxy) is 1. The molecule has 4 rings (SSSR count). The summed E-state index contributed by atoms with van der Waals surface area (Å²) >= 11 is 5.45. The number of benzene rings is 3. The monoisotopic (exact) mass is 349 g/mol. The molecule has 1 heterocycles. The highest BCUT2D eigenvalue weighted by Crippen LogP contribution is 2.32. The summed E-state index contributed by atoms with van der Waals surface area (Å²) in [5, 5.41) is 19.4. The Hall–Kier alpha value is -3.12. The van der Waals surface area contributed by atoms with Gasteiger partial charge in [0, 0.05) is 5.39 Å². The van der Waals surface area contributed by atoms with Crippen LogP contribution in [0.1, 0.15) is 0 Å². The minimum absolute atomic E-state index is 0.149. The molecule has 0 amide bonds. The van der Waals surface area contributed by atoms with Crippen LogP contribution in [-0.4, -0.2) is 27.0 Å². The van der Waals surface area contributed by atoms with Crippen LogP contribution in [0.4, 0.5) is 0 Å². The van der Waals surface area contributed by atoms with Crippen molar-refractivity contribution in [3.63, 3.8) is 0 Å². The SMILES string of the molecule is COc1ccc2cccc(-n3c(-c4ccccc4O)n[nH]c3=S)c2c1. The van der Waals surface area contributed by atoms with Gasteiger partial charge in [-0.2, -0.15) is 5.10 Å². The smallest absolute Gasteiger partial charge is 0.200 e. The molecule has 6 heteroatoms. The van der Waals surface area contributed by atoms with Gasteiger partial charge in [-0.3, -0.25) is 9.67 Å². The Morgan fingerprint density at radius 3 is 2.72 bits per heavy atom. The van der Waals surface area contributed by atoms with Crippen molar-refractivity contribution >= 4 is 23.0 Å². The van der Waals surface area contributed by atoms with Crippen LogP contribution in [0, 0.1) is 4.77 Å². The maximum absolute atomic E-state index is 10.2. The largest absolute Gasteiger partial charge is 0.507 e. The lowest BCUT2D eigenvalue weighted by atomic mass is 10.1. The Balaban J connectivity index is 2.04. The highest BCUT2D eigenvalue weighted by Gasteiger charge is 2.15. The summed E-state index contributed by atoms with van der Waals surface area (Å²) < 4.78 is 7.64. The minimum atomic E-state index is 0.149.